The second kappa shape index (κ2) is 9.14. The van der Waals surface area contributed by atoms with E-state index in [1.807, 2.05) is 0 Å². The quantitative estimate of drug-likeness (QED) is 0.613. The average molecular weight is 259 g/mol. The first-order valence-corrected chi connectivity index (χ1v) is 8.21. The van der Waals surface area contributed by atoms with Crippen LogP contribution in [0, 0.1) is 0 Å². The summed E-state index contributed by atoms with van der Waals surface area (Å²) in [5.41, 5.74) is 1.50. The van der Waals surface area contributed by atoms with Crippen LogP contribution in [0.4, 0.5) is 0 Å². The molecule has 1 nitrogen and oxygen atoms in total. The van der Waals surface area contributed by atoms with Gasteiger partial charge in [-0.1, -0.05) is 56.0 Å². The number of nitrogens with zero attached hydrogens (tertiary/aromatic N) is 1. The molecule has 0 unspecified atom stereocenters. The molecule has 19 heavy (non-hydrogen) atoms. The molecule has 2 rings (SSSR count). The minimum atomic E-state index is 1.26. The SMILES string of the molecule is c1ccc(CCCCCCCN2CCCCC2)cc1. The monoisotopic (exact) mass is 259 g/mol. The Bertz CT molecular complexity index is 314. The fourth-order valence-corrected chi connectivity index (χ4v) is 3.02. The van der Waals surface area contributed by atoms with Crippen LogP contribution in [0.1, 0.15) is 56.9 Å². The fourth-order valence-electron chi connectivity index (χ4n) is 3.02. The highest BCUT2D eigenvalue weighted by molar-refractivity contribution is 5.14. The summed E-state index contributed by atoms with van der Waals surface area (Å²) in [7, 11) is 0. The van der Waals surface area contributed by atoms with Gasteiger partial charge < -0.3 is 4.90 Å². The van der Waals surface area contributed by atoms with E-state index in [4.69, 9.17) is 0 Å². The van der Waals surface area contributed by atoms with Crippen molar-refractivity contribution >= 4 is 0 Å². The van der Waals surface area contributed by atoms with Crippen LogP contribution in [0.25, 0.3) is 0 Å². The number of unbranched alkanes of at least 4 members (excludes halogenated alkanes) is 4. The van der Waals surface area contributed by atoms with Crippen molar-refractivity contribution in [3.8, 4) is 0 Å². The molecule has 1 saturated heterocycles. The van der Waals surface area contributed by atoms with E-state index in [1.54, 1.807) is 0 Å². The third kappa shape index (κ3) is 6.24. The molecule has 106 valence electrons. The Morgan fingerprint density at radius 1 is 0.737 bits per heavy atom. The van der Waals surface area contributed by atoms with Crippen LogP contribution in [-0.4, -0.2) is 24.5 Å². The highest BCUT2D eigenvalue weighted by Gasteiger charge is 2.08. The maximum absolute atomic E-state index is 2.66. The Kier molecular flexibility index (Phi) is 7.02. The highest BCUT2D eigenvalue weighted by atomic mass is 15.1. The van der Waals surface area contributed by atoms with E-state index in [2.05, 4.69) is 35.2 Å². The van der Waals surface area contributed by atoms with Crippen molar-refractivity contribution in [2.45, 2.75) is 57.8 Å². The first-order valence-electron chi connectivity index (χ1n) is 8.21. The predicted octanol–water partition coefficient (Wildman–Crippen LogP) is 4.67. The molecule has 1 heterocycles. The van der Waals surface area contributed by atoms with Crippen molar-refractivity contribution in [2.24, 2.45) is 0 Å². The summed E-state index contributed by atoms with van der Waals surface area (Å²) in [5, 5.41) is 0. The summed E-state index contributed by atoms with van der Waals surface area (Å²) < 4.78 is 0. The number of aryl methyl sites for hydroxylation is 1. The lowest BCUT2D eigenvalue weighted by Crippen LogP contribution is -2.30. The van der Waals surface area contributed by atoms with Crippen molar-refractivity contribution in [3.63, 3.8) is 0 Å². The third-order valence-corrected chi connectivity index (χ3v) is 4.23. The van der Waals surface area contributed by atoms with Gasteiger partial charge in [0.1, 0.15) is 0 Å². The molecular formula is C18H29N. The molecule has 1 aliphatic heterocycles. The van der Waals surface area contributed by atoms with E-state index in [1.165, 1.54) is 83.0 Å². The Morgan fingerprint density at radius 3 is 2.21 bits per heavy atom. The first-order chi connectivity index (χ1) is 9.45. The molecule has 1 heteroatoms. The van der Waals surface area contributed by atoms with Crippen LogP contribution < -0.4 is 0 Å². The molecule has 0 spiro atoms. The van der Waals surface area contributed by atoms with Crippen molar-refractivity contribution in [1.29, 1.82) is 0 Å². The molecule has 0 saturated carbocycles. The van der Waals surface area contributed by atoms with Gasteiger partial charge in [0.15, 0.2) is 0 Å². The molecule has 0 aliphatic carbocycles. The standard InChI is InChI=1S/C18H29N/c1(2-6-12-18-13-7-4-8-14-18)3-9-15-19-16-10-5-11-17-19/h4,7-8,13-14H,1-3,5-6,9-12,15-17H2. The minimum Gasteiger partial charge on any atom is -0.303 e. The van der Waals surface area contributed by atoms with E-state index in [-0.39, 0.29) is 0 Å². The number of hydrogen-bond acceptors (Lipinski definition) is 1. The van der Waals surface area contributed by atoms with Crippen LogP contribution in [0.5, 0.6) is 0 Å². The molecule has 0 amide bonds. The number of benzene rings is 1. The maximum Gasteiger partial charge on any atom is -0.00187 e. The second-order valence-corrected chi connectivity index (χ2v) is 5.91. The lowest BCUT2D eigenvalue weighted by atomic mass is 10.1. The zero-order chi connectivity index (χ0) is 13.2. The minimum absolute atomic E-state index is 1.26. The second-order valence-electron chi connectivity index (χ2n) is 5.91. The van der Waals surface area contributed by atoms with Gasteiger partial charge in [-0.05, 0) is 57.3 Å². The van der Waals surface area contributed by atoms with Gasteiger partial charge in [-0.15, -0.1) is 0 Å². The summed E-state index contributed by atoms with van der Waals surface area (Å²) in [6, 6.07) is 10.9. The largest absolute Gasteiger partial charge is 0.303 e. The van der Waals surface area contributed by atoms with E-state index in [0.717, 1.165) is 0 Å². The zero-order valence-corrected chi connectivity index (χ0v) is 12.3. The number of hydrogen-bond donors (Lipinski definition) is 0. The Hall–Kier alpha value is -0.820. The molecule has 0 N–H and O–H groups in total. The predicted molar refractivity (Wildman–Crippen MR) is 83.5 cm³/mol. The van der Waals surface area contributed by atoms with E-state index < -0.39 is 0 Å². The smallest absolute Gasteiger partial charge is 0.00187 e. The van der Waals surface area contributed by atoms with Crippen LogP contribution in [0.3, 0.4) is 0 Å². The Morgan fingerprint density at radius 2 is 1.42 bits per heavy atom. The summed E-state index contributed by atoms with van der Waals surface area (Å²) >= 11 is 0. The van der Waals surface area contributed by atoms with Crippen LogP contribution in [-0.2, 0) is 6.42 Å². The van der Waals surface area contributed by atoms with Crippen LogP contribution in [0.15, 0.2) is 30.3 Å². The van der Waals surface area contributed by atoms with Gasteiger partial charge in [0.2, 0.25) is 0 Å². The molecule has 0 bridgehead atoms. The van der Waals surface area contributed by atoms with Crippen molar-refractivity contribution in [3.05, 3.63) is 35.9 Å². The third-order valence-electron chi connectivity index (χ3n) is 4.23. The van der Waals surface area contributed by atoms with E-state index in [0.29, 0.717) is 0 Å². The van der Waals surface area contributed by atoms with Crippen LogP contribution >= 0.6 is 0 Å². The molecular weight excluding hydrogens is 230 g/mol. The topological polar surface area (TPSA) is 3.24 Å². The Balaban J connectivity index is 1.42. The maximum atomic E-state index is 2.66. The average Bonchev–Trinajstić information content (AvgIpc) is 2.48. The van der Waals surface area contributed by atoms with Crippen LogP contribution in [0.2, 0.25) is 0 Å². The first kappa shape index (κ1) is 14.6. The van der Waals surface area contributed by atoms with Gasteiger partial charge in [0.25, 0.3) is 0 Å². The van der Waals surface area contributed by atoms with Gasteiger partial charge in [0.05, 0.1) is 0 Å². The summed E-state index contributed by atoms with van der Waals surface area (Å²) in [5.74, 6) is 0. The lowest BCUT2D eigenvalue weighted by molar-refractivity contribution is 0.224. The van der Waals surface area contributed by atoms with E-state index in [9.17, 15) is 0 Å². The fraction of sp³-hybridized carbons (Fsp3) is 0.667. The molecule has 1 aliphatic rings. The molecule has 0 atom stereocenters. The van der Waals surface area contributed by atoms with Gasteiger partial charge in [-0.25, -0.2) is 0 Å². The normalized spacial score (nSPS) is 16.6. The molecule has 0 radical (unpaired) electrons. The summed E-state index contributed by atoms with van der Waals surface area (Å²) in [6.07, 6.45) is 12.6. The lowest BCUT2D eigenvalue weighted by Gasteiger charge is -2.26. The zero-order valence-electron chi connectivity index (χ0n) is 12.3. The highest BCUT2D eigenvalue weighted by Crippen LogP contribution is 2.12. The van der Waals surface area contributed by atoms with Crippen molar-refractivity contribution in [2.75, 3.05) is 19.6 Å². The summed E-state index contributed by atoms with van der Waals surface area (Å²) in [4.78, 5) is 2.66. The summed E-state index contributed by atoms with van der Waals surface area (Å²) in [6.45, 7) is 4.06. The van der Waals surface area contributed by atoms with E-state index >= 15 is 0 Å². The number of likely N-dealkylation sites (tertiary alicyclic amines) is 1. The van der Waals surface area contributed by atoms with Crippen molar-refractivity contribution < 1.29 is 0 Å². The molecule has 0 aromatic heterocycles. The molecule has 1 aromatic rings. The molecule has 1 aromatic carbocycles. The van der Waals surface area contributed by atoms with Gasteiger partial charge in [-0.2, -0.15) is 0 Å². The van der Waals surface area contributed by atoms with Gasteiger partial charge >= 0.3 is 0 Å². The van der Waals surface area contributed by atoms with Crippen molar-refractivity contribution in [1.82, 2.24) is 4.90 Å². The molecule has 1 fully saturated rings. The Labute approximate surface area is 119 Å². The number of rotatable bonds is 8. The number of piperidine rings is 1. The van der Waals surface area contributed by atoms with Gasteiger partial charge in [0, 0.05) is 0 Å². The van der Waals surface area contributed by atoms with Gasteiger partial charge in [-0.3, -0.25) is 0 Å².